The summed E-state index contributed by atoms with van der Waals surface area (Å²) in [5, 5.41) is 0.667. The summed E-state index contributed by atoms with van der Waals surface area (Å²) in [5.41, 5.74) is 0.721. The van der Waals surface area contributed by atoms with E-state index in [1.54, 1.807) is 24.3 Å². The van der Waals surface area contributed by atoms with E-state index in [1.807, 2.05) is 11.9 Å². The van der Waals surface area contributed by atoms with E-state index in [4.69, 9.17) is 11.6 Å². The number of carbonyl (C=O) groups excluding carboxylic acids is 1. The Morgan fingerprint density at radius 3 is 2.38 bits per heavy atom. The van der Waals surface area contributed by atoms with Crippen molar-refractivity contribution < 1.29 is 4.79 Å². The maximum atomic E-state index is 12.1. The van der Waals surface area contributed by atoms with E-state index in [-0.39, 0.29) is 5.91 Å². The molecular weight excluding hydrogens is 222 g/mol. The molecule has 0 N–H and O–H groups in total. The van der Waals surface area contributed by atoms with Crippen molar-refractivity contribution in [2.24, 2.45) is 0 Å². The van der Waals surface area contributed by atoms with Crippen LogP contribution in [0.25, 0.3) is 0 Å². The molecule has 0 bridgehead atoms. The number of hydrogen-bond acceptors (Lipinski definition) is 1. The number of hydrogen-bond donors (Lipinski definition) is 0. The topological polar surface area (TPSA) is 20.3 Å². The van der Waals surface area contributed by atoms with E-state index in [0.29, 0.717) is 11.1 Å². The van der Waals surface area contributed by atoms with Gasteiger partial charge in [0.25, 0.3) is 5.91 Å². The van der Waals surface area contributed by atoms with Gasteiger partial charge in [-0.05, 0) is 37.1 Å². The summed E-state index contributed by atoms with van der Waals surface area (Å²) in [6, 6.07) is 7.52. The third-order valence-corrected chi connectivity index (χ3v) is 3.54. The highest BCUT2D eigenvalue weighted by Gasteiger charge is 2.23. The third kappa shape index (κ3) is 2.38. The van der Waals surface area contributed by atoms with Crippen LogP contribution >= 0.6 is 11.6 Å². The minimum Gasteiger partial charge on any atom is -0.339 e. The molecule has 0 spiro atoms. The summed E-state index contributed by atoms with van der Waals surface area (Å²) in [6.07, 6.45) is 4.75. The van der Waals surface area contributed by atoms with Crippen molar-refractivity contribution in [2.75, 3.05) is 7.05 Å². The van der Waals surface area contributed by atoms with E-state index in [1.165, 1.54) is 12.8 Å². The number of amides is 1. The van der Waals surface area contributed by atoms with Gasteiger partial charge in [-0.1, -0.05) is 24.4 Å². The van der Waals surface area contributed by atoms with Crippen LogP contribution in [0.5, 0.6) is 0 Å². The average Bonchev–Trinajstić information content (AvgIpc) is 2.81. The van der Waals surface area contributed by atoms with Gasteiger partial charge in [0.05, 0.1) is 0 Å². The fourth-order valence-corrected chi connectivity index (χ4v) is 2.38. The van der Waals surface area contributed by atoms with Crippen molar-refractivity contribution in [1.82, 2.24) is 4.90 Å². The Labute approximate surface area is 101 Å². The van der Waals surface area contributed by atoms with Crippen molar-refractivity contribution in [3.8, 4) is 0 Å². The fraction of sp³-hybridized carbons (Fsp3) is 0.462. The monoisotopic (exact) mass is 237 g/mol. The number of rotatable bonds is 2. The van der Waals surface area contributed by atoms with Crippen LogP contribution in [0.1, 0.15) is 36.0 Å². The highest BCUT2D eigenvalue weighted by atomic mass is 35.5. The molecule has 0 atom stereocenters. The minimum atomic E-state index is 0.101. The summed E-state index contributed by atoms with van der Waals surface area (Å²) in [7, 11) is 1.90. The van der Waals surface area contributed by atoms with Crippen LogP contribution < -0.4 is 0 Å². The Kier molecular flexibility index (Phi) is 3.49. The van der Waals surface area contributed by atoms with E-state index < -0.39 is 0 Å². The lowest BCUT2D eigenvalue weighted by Crippen LogP contribution is -2.35. The first-order valence-corrected chi connectivity index (χ1v) is 6.09. The largest absolute Gasteiger partial charge is 0.339 e. The molecule has 16 heavy (non-hydrogen) atoms. The van der Waals surface area contributed by atoms with Crippen LogP contribution in [0, 0.1) is 0 Å². The SMILES string of the molecule is CN(C(=O)c1ccc(Cl)cc1)C1CCCC1. The van der Waals surface area contributed by atoms with Gasteiger partial charge in [-0.2, -0.15) is 0 Å². The van der Waals surface area contributed by atoms with Crippen molar-refractivity contribution >= 4 is 17.5 Å². The molecule has 1 aliphatic rings. The van der Waals surface area contributed by atoms with Crippen molar-refractivity contribution in [1.29, 1.82) is 0 Å². The standard InChI is InChI=1S/C13H16ClNO/c1-15(12-4-2-3-5-12)13(16)10-6-8-11(14)9-7-10/h6-9,12H,2-5H2,1H3. The van der Waals surface area contributed by atoms with E-state index in [0.717, 1.165) is 18.4 Å². The van der Waals surface area contributed by atoms with E-state index in [9.17, 15) is 4.79 Å². The first-order valence-electron chi connectivity index (χ1n) is 5.71. The van der Waals surface area contributed by atoms with Gasteiger partial charge in [0, 0.05) is 23.7 Å². The number of nitrogens with zero attached hydrogens (tertiary/aromatic N) is 1. The molecule has 0 heterocycles. The van der Waals surface area contributed by atoms with Crippen LogP contribution in [0.2, 0.25) is 5.02 Å². The number of halogens is 1. The molecule has 1 fully saturated rings. The van der Waals surface area contributed by atoms with Gasteiger partial charge in [-0.25, -0.2) is 0 Å². The van der Waals surface area contributed by atoms with Gasteiger partial charge in [-0.3, -0.25) is 4.79 Å². The van der Waals surface area contributed by atoms with E-state index in [2.05, 4.69) is 0 Å². The highest BCUT2D eigenvalue weighted by molar-refractivity contribution is 6.30. The molecule has 2 nitrogen and oxygen atoms in total. The van der Waals surface area contributed by atoms with Gasteiger partial charge in [0.2, 0.25) is 0 Å². The summed E-state index contributed by atoms with van der Waals surface area (Å²) < 4.78 is 0. The molecular formula is C13H16ClNO. The Balaban J connectivity index is 2.08. The zero-order valence-corrected chi connectivity index (χ0v) is 10.2. The van der Waals surface area contributed by atoms with Gasteiger partial charge in [0.15, 0.2) is 0 Å². The molecule has 0 aromatic heterocycles. The van der Waals surface area contributed by atoms with Gasteiger partial charge >= 0.3 is 0 Å². The molecule has 86 valence electrons. The summed E-state index contributed by atoms with van der Waals surface area (Å²) >= 11 is 5.80. The first kappa shape index (κ1) is 11.5. The normalized spacial score (nSPS) is 16.4. The Bertz CT molecular complexity index is 368. The quantitative estimate of drug-likeness (QED) is 0.773. The first-order chi connectivity index (χ1) is 7.68. The molecule has 1 aliphatic carbocycles. The average molecular weight is 238 g/mol. The van der Waals surface area contributed by atoms with Crippen LogP contribution in [0.4, 0.5) is 0 Å². The molecule has 1 aromatic carbocycles. The molecule has 3 heteroatoms. The second-order valence-electron chi connectivity index (χ2n) is 4.36. The van der Waals surface area contributed by atoms with Crippen LogP contribution in [-0.2, 0) is 0 Å². The summed E-state index contributed by atoms with van der Waals surface area (Å²) in [5.74, 6) is 0.101. The second-order valence-corrected chi connectivity index (χ2v) is 4.80. The molecule has 0 saturated heterocycles. The van der Waals surface area contributed by atoms with Crippen molar-refractivity contribution in [3.05, 3.63) is 34.9 Å². The summed E-state index contributed by atoms with van der Waals surface area (Å²) in [6.45, 7) is 0. The maximum Gasteiger partial charge on any atom is 0.253 e. The number of benzene rings is 1. The van der Waals surface area contributed by atoms with Gasteiger partial charge < -0.3 is 4.90 Å². The van der Waals surface area contributed by atoms with Crippen molar-refractivity contribution in [3.63, 3.8) is 0 Å². The van der Waals surface area contributed by atoms with Crippen LogP contribution in [0.3, 0.4) is 0 Å². The molecule has 2 rings (SSSR count). The lowest BCUT2D eigenvalue weighted by molar-refractivity contribution is 0.0735. The maximum absolute atomic E-state index is 12.1. The molecule has 1 saturated carbocycles. The lowest BCUT2D eigenvalue weighted by atomic mass is 10.1. The van der Waals surface area contributed by atoms with E-state index >= 15 is 0 Å². The fourth-order valence-electron chi connectivity index (χ4n) is 2.25. The second kappa shape index (κ2) is 4.88. The lowest BCUT2D eigenvalue weighted by Gasteiger charge is -2.24. The third-order valence-electron chi connectivity index (χ3n) is 3.28. The van der Waals surface area contributed by atoms with Crippen LogP contribution in [-0.4, -0.2) is 23.9 Å². The van der Waals surface area contributed by atoms with Crippen molar-refractivity contribution in [2.45, 2.75) is 31.7 Å². The highest BCUT2D eigenvalue weighted by Crippen LogP contribution is 2.23. The molecule has 0 aliphatic heterocycles. The molecule has 0 radical (unpaired) electrons. The Morgan fingerprint density at radius 2 is 1.81 bits per heavy atom. The van der Waals surface area contributed by atoms with Gasteiger partial charge in [0.1, 0.15) is 0 Å². The smallest absolute Gasteiger partial charge is 0.253 e. The summed E-state index contributed by atoms with van der Waals surface area (Å²) in [4.78, 5) is 14.0. The van der Waals surface area contributed by atoms with Crippen LogP contribution in [0.15, 0.2) is 24.3 Å². The van der Waals surface area contributed by atoms with Gasteiger partial charge in [-0.15, -0.1) is 0 Å². The molecule has 1 amide bonds. The minimum absolute atomic E-state index is 0.101. The molecule has 0 unspecified atom stereocenters. The molecule has 1 aromatic rings. The number of carbonyl (C=O) groups is 1. The predicted octanol–water partition coefficient (Wildman–Crippen LogP) is 3.35. The Morgan fingerprint density at radius 1 is 1.25 bits per heavy atom. The zero-order chi connectivity index (χ0) is 11.5. The zero-order valence-electron chi connectivity index (χ0n) is 9.45. The predicted molar refractivity (Wildman–Crippen MR) is 65.8 cm³/mol. The Hall–Kier alpha value is -1.02.